The molecule has 0 aromatic carbocycles. The Balaban J connectivity index is 2.38. The lowest BCUT2D eigenvalue weighted by atomic mass is 10.1. The summed E-state index contributed by atoms with van der Waals surface area (Å²) in [5.41, 5.74) is 5.12. The number of rotatable bonds is 7. The number of nitrogens with two attached hydrogens (primary N) is 1. The number of allylic oxidation sites excluding steroid dienone is 1. The zero-order valence-corrected chi connectivity index (χ0v) is 13.4. The molecule has 22 heavy (non-hydrogen) atoms. The first kappa shape index (κ1) is 18.2. The molecule has 0 spiro atoms. The van der Waals surface area contributed by atoms with Crippen LogP contribution in [0.1, 0.15) is 26.2 Å². The lowest BCUT2D eigenvalue weighted by Crippen LogP contribution is -2.52. The number of likely N-dealkylation sites (N-methyl/N-ethyl adjacent to an activating group) is 1. The Hall–Kier alpha value is -1.89. The Kier molecular flexibility index (Phi) is 7.59. The smallest absolute Gasteiger partial charge is 0.312 e. The van der Waals surface area contributed by atoms with E-state index < -0.39 is 6.03 Å². The van der Waals surface area contributed by atoms with Crippen LogP contribution in [0.5, 0.6) is 0 Å². The number of hydrogen-bond acceptors (Lipinski definition) is 4. The van der Waals surface area contributed by atoms with Crippen LogP contribution < -0.4 is 11.1 Å². The molecule has 0 aromatic heterocycles. The third-order valence-electron chi connectivity index (χ3n) is 3.59. The predicted octanol–water partition coefficient (Wildman–Crippen LogP) is 0.113. The van der Waals surface area contributed by atoms with E-state index >= 15 is 0 Å². The Morgan fingerprint density at radius 2 is 2.14 bits per heavy atom. The molecule has 124 valence electrons. The summed E-state index contributed by atoms with van der Waals surface area (Å²) in [6.45, 7) is 3.85. The molecule has 1 saturated heterocycles. The van der Waals surface area contributed by atoms with Gasteiger partial charge < -0.3 is 16.0 Å². The summed E-state index contributed by atoms with van der Waals surface area (Å²) in [4.78, 5) is 37.9. The highest BCUT2D eigenvalue weighted by Crippen LogP contribution is 2.10. The van der Waals surface area contributed by atoms with Crippen molar-refractivity contribution in [2.75, 3.05) is 33.2 Å². The first-order valence-electron chi connectivity index (χ1n) is 7.64. The van der Waals surface area contributed by atoms with Gasteiger partial charge in [-0.25, -0.2) is 4.79 Å². The Bertz CT molecular complexity index is 437. The minimum absolute atomic E-state index is 0.0219. The fourth-order valence-corrected chi connectivity index (χ4v) is 2.40. The van der Waals surface area contributed by atoms with Gasteiger partial charge in [0, 0.05) is 32.1 Å². The van der Waals surface area contributed by atoms with Crippen LogP contribution >= 0.6 is 0 Å². The fraction of sp³-hybridized carbons (Fsp3) is 0.667. The molecule has 0 aliphatic carbocycles. The van der Waals surface area contributed by atoms with Crippen LogP contribution in [0.3, 0.4) is 0 Å². The van der Waals surface area contributed by atoms with Crippen LogP contribution in [0.4, 0.5) is 4.79 Å². The molecule has 7 nitrogen and oxygen atoms in total. The molecular weight excluding hydrogens is 284 g/mol. The van der Waals surface area contributed by atoms with Gasteiger partial charge in [-0.05, 0) is 26.0 Å². The van der Waals surface area contributed by atoms with E-state index in [0.717, 1.165) is 12.8 Å². The van der Waals surface area contributed by atoms with E-state index in [0.29, 0.717) is 26.1 Å². The number of ketones is 1. The SMILES string of the molecule is CCC(=O)/C=C/CN(C)CC(=O)N1CCCC(NC(N)=O)C1. The highest BCUT2D eigenvalue weighted by atomic mass is 16.2. The molecular formula is C15H26N4O3. The van der Waals surface area contributed by atoms with Crippen LogP contribution in [0.25, 0.3) is 0 Å². The predicted molar refractivity (Wildman–Crippen MR) is 84.3 cm³/mol. The molecule has 3 N–H and O–H groups in total. The summed E-state index contributed by atoms with van der Waals surface area (Å²) >= 11 is 0. The molecule has 1 fully saturated rings. The molecule has 0 saturated carbocycles. The second-order valence-electron chi connectivity index (χ2n) is 5.61. The molecule has 0 radical (unpaired) electrons. The van der Waals surface area contributed by atoms with E-state index in [9.17, 15) is 14.4 Å². The summed E-state index contributed by atoms with van der Waals surface area (Å²) in [6, 6.07) is -0.621. The summed E-state index contributed by atoms with van der Waals surface area (Å²) in [5.74, 6) is 0.102. The number of amides is 3. The maximum absolute atomic E-state index is 12.2. The summed E-state index contributed by atoms with van der Waals surface area (Å²) in [7, 11) is 1.84. The van der Waals surface area contributed by atoms with E-state index in [2.05, 4.69) is 5.32 Å². The topological polar surface area (TPSA) is 95.7 Å². The number of nitrogens with zero attached hydrogens (tertiary/aromatic N) is 2. The highest BCUT2D eigenvalue weighted by molar-refractivity contribution is 5.89. The van der Waals surface area contributed by atoms with Gasteiger partial charge in [0.15, 0.2) is 5.78 Å². The number of primary amides is 1. The van der Waals surface area contributed by atoms with Crippen molar-refractivity contribution in [1.82, 2.24) is 15.1 Å². The molecule has 1 aliphatic heterocycles. The lowest BCUT2D eigenvalue weighted by Gasteiger charge is -2.33. The highest BCUT2D eigenvalue weighted by Gasteiger charge is 2.24. The zero-order valence-electron chi connectivity index (χ0n) is 13.4. The first-order valence-corrected chi connectivity index (χ1v) is 7.64. The first-order chi connectivity index (χ1) is 10.4. The number of carbonyl (C=O) groups is 3. The Morgan fingerprint density at radius 3 is 2.77 bits per heavy atom. The van der Waals surface area contributed by atoms with Gasteiger partial charge in [-0.3, -0.25) is 14.5 Å². The second-order valence-corrected chi connectivity index (χ2v) is 5.61. The molecule has 1 unspecified atom stereocenters. The van der Waals surface area contributed by atoms with Crippen molar-refractivity contribution in [3.8, 4) is 0 Å². The molecule has 7 heteroatoms. The zero-order chi connectivity index (χ0) is 16.5. The minimum Gasteiger partial charge on any atom is -0.352 e. The van der Waals surface area contributed by atoms with E-state index in [-0.39, 0.29) is 24.3 Å². The number of hydrogen-bond donors (Lipinski definition) is 2. The average molecular weight is 310 g/mol. The number of carbonyl (C=O) groups excluding carboxylic acids is 3. The van der Waals surface area contributed by atoms with Gasteiger partial charge in [0.05, 0.1) is 6.54 Å². The van der Waals surface area contributed by atoms with Crippen molar-refractivity contribution in [2.24, 2.45) is 5.73 Å². The van der Waals surface area contributed by atoms with Gasteiger partial charge >= 0.3 is 6.03 Å². The van der Waals surface area contributed by atoms with E-state index in [1.165, 1.54) is 0 Å². The number of nitrogens with one attached hydrogen (secondary N) is 1. The van der Waals surface area contributed by atoms with Crippen LogP contribution in [0.2, 0.25) is 0 Å². The van der Waals surface area contributed by atoms with Crippen LogP contribution in [-0.4, -0.2) is 66.8 Å². The quantitative estimate of drug-likeness (QED) is 0.653. The van der Waals surface area contributed by atoms with Gasteiger partial charge in [-0.2, -0.15) is 0 Å². The molecule has 1 aliphatic rings. The van der Waals surface area contributed by atoms with Crippen molar-refractivity contribution in [1.29, 1.82) is 0 Å². The Labute approximate surface area is 131 Å². The number of piperidine rings is 1. The fourth-order valence-electron chi connectivity index (χ4n) is 2.40. The average Bonchev–Trinajstić information content (AvgIpc) is 2.46. The molecule has 0 bridgehead atoms. The molecule has 0 aromatic rings. The van der Waals surface area contributed by atoms with Crippen molar-refractivity contribution in [3.63, 3.8) is 0 Å². The maximum atomic E-state index is 12.2. The standard InChI is InChI=1S/C15H26N4O3/c1-3-13(20)7-5-8-18(2)11-14(21)19-9-4-6-12(10-19)17-15(16)22/h5,7,12H,3-4,6,8-11H2,1-2H3,(H3,16,17,22)/b7-5+. The number of urea groups is 1. The normalized spacial score (nSPS) is 18.7. The van der Waals surface area contributed by atoms with E-state index in [1.54, 1.807) is 17.1 Å². The molecule has 3 amide bonds. The summed E-state index contributed by atoms with van der Waals surface area (Å²) < 4.78 is 0. The van der Waals surface area contributed by atoms with Crippen molar-refractivity contribution >= 4 is 17.7 Å². The molecule has 1 rings (SSSR count). The third-order valence-corrected chi connectivity index (χ3v) is 3.59. The van der Waals surface area contributed by atoms with E-state index in [4.69, 9.17) is 5.73 Å². The molecule has 1 atom stereocenters. The van der Waals surface area contributed by atoms with E-state index in [1.807, 2.05) is 18.9 Å². The minimum atomic E-state index is -0.554. The Morgan fingerprint density at radius 1 is 1.41 bits per heavy atom. The van der Waals surface area contributed by atoms with Gasteiger partial charge in [-0.1, -0.05) is 13.0 Å². The van der Waals surface area contributed by atoms with Crippen molar-refractivity contribution < 1.29 is 14.4 Å². The van der Waals surface area contributed by atoms with Gasteiger partial charge in [0.2, 0.25) is 5.91 Å². The molecule has 1 heterocycles. The number of likely N-dealkylation sites (tertiary alicyclic amines) is 1. The third kappa shape index (κ3) is 6.71. The van der Waals surface area contributed by atoms with Crippen molar-refractivity contribution in [3.05, 3.63) is 12.2 Å². The van der Waals surface area contributed by atoms with Crippen LogP contribution in [0, 0.1) is 0 Å². The van der Waals surface area contributed by atoms with Crippen LogP contribution in [-0.2, 0) is 9.59 Å². The maximum Gasteiger partial charge on any atom is 0.312 e. The monoisotopic (exact) mass is 310 g/mol. The second kappa shape index (κ2) is 9.19. The van der Waals surface area contributed by atoms with Gasteiger partial charge in [-0.15, -0.1) is 0 Å². The summed E-state index contributed by atoms with van der Waals surface area (Å²) in [5, 5.41) is 2.66. The lowest BCUT2D eigenvalue weighted by molar-refractivity contribution is -0.133. The largest absolute Gasteiger partial charge is 0.352 e. The van der Waals surface area contributed by atoms with Crippen LogP contribution in [0.15, 0.2) is 12.2 Å². The van der Waals surface area contributed by atoms with Crippen molar-refractivity contribution in [2.45, 2.75) is 32.2 Å². The summed E-state index contributed by atoms with van der Waals surface area (Å²) in [6.07, 6.45) is 5.50. The van der Waals surface area contributed by atoms with Gasteiger partial charge in [0.1, 0.15) is 0 Å². The van der Waals surface area contributed by atoms with Gasteiger partial charge in [0.25, 0.3) is 0 Å².